The Morgan fingerprint density at radius 1 is 1.17 bits per heavy atom. The van der Waals surface area contributed by atoms with Gasteiger partial charge in [-0.1, -0.05) is 38.1 Å². The lowest BCUT2D eigenvalue weighted by molar-refractivity contribution is 0.863. The minimum absolute atomic E-state index is 0.0485. The molecule has 0 aliphatic carbocycles. The van der Waals surface area contributed by atoms with Crippen LogP contribution in [0.5, 0.6) is 0 Å². The van der Waals surface area contributed by atoms with Crippen LogP contribution in [0.1, 0.15) is 36.6 Å². The van der Waals surface area contributed by atoms with Gasteiger partial charge < -0.3 is 5.32 Å². The quantitative estimate of drug-likeness (QED) is 0.798. The van der Waals surface area contributed by atoms with Crippen molar-refractivity contribution in [2.45, 2.75) is 33.2 Å². The second-order valence-corrected chi connectivity index (χ2v) is 6.12. The fraction of sp³-hybridized carbons (Fsp3) is 0.263. The third-order valence-electron chi connectivity index (χ3n) is 3.90. The highest BCUT2D eigenvalue weighted by molar-refractivity contribution is 5.52. The van der Waals surface area contributed by atoms with Crippen molar-refractivity contribution in [3.63, 3.8) is 0 Å². The second-order valence-electron chi connectivity index (χ2n) is 6.12. The number of benzene rings is 1. The van der Waals surface area contributed by atoms with E-state index in [-0.39, 0.29) is 5.56 Å². The molecule has 0 spiro atoms. The van der Waals surface area contributed by atoms with Crippen LogP contribution in [0.2, 0.25) is 0 Å². The molecule has 0 atom stereocenters. The lowest BCUT2D eigenvalue weighted by atomic mass is 10.0. The van der Waals surface area contributed by atoms with Gasteiger partial charge in [0.1, 0.15) is 5.65 Å². The summed E-state index contributed by atoms with van der Waals surface area (Å²) in [6.45, 7) is 6.83. The predicted molar refractivity (Wildman–Crippen MR) is 94.1 cm³/mol. The molecule has 0 saturated heterocycles. The molecule has 1 N–H and O–H groups in total. The zero-order valence-electron chi connectivity index (χ0n) is 13.7. The largest absolute Gasteiger partial charge is 0.379 e. The molecule has 2 heterocycles. The molecule has 4 heteroatoms. The SMILES string of the molecule is Cc1ccc2nc(CNc3ccccc3C(C)C)cc(=O)n2c1. The van der Waals surface area contributed by atoms with E-state index in [0.29, 0.717) is 18.1 Å². The third-order valence-corrected chi connectivity index (χ3v) is 3.90. The monoisotopic (exact) mass is 307 g/mol. The van der Waals surface area contributed by atoms with Crippen LogP contribution in [0.25, 0.3) is 5.65 Å². The molecule has 23 heavy (non-hydrogen) atoms. The molecule has 2 aromatic heterocycles. The summed E-state index contributed by atoms with van der Waals surface area (Å²) in [4.78, 5) is 16.8. The smallest absolute Gasteiger partial charge is 0.258 e. The Balaban J connectivity index is 1.88. The minimum atomic E-state index is -0.0485. The lowest BCUT2D eigenvalue weighted by Crippen LogP contribution is -2.17. The first kappa shape index (κ1) is 15.3. The molecule has 0 amide bonds. The average molecular weight is 307 g/mol. The molecule has 1 aromatic carbocycles. The highest BCUT2D eigenvalue weighted by Gasteiger charge is 2.07. The standard InChI is InChI=1S/C19H21N3O/c1-13(2)16-6-4-5-7-17(16)20-11-15-10-19(23)22-12-14(3)8-9-18(22)21-15/h4-10,12-13,20H,11H2,1-3H3. The first-order valence-corrected chi connectivity index (χ1v) is 7.86. The van der Waals surface area contributed by atoms with Crippen LogP contribution in [0.15, 0.2) is 53.5 Å². The van der Waals surface area contributed by atoms with E-state index in [1.807, 2.05) is 37.4 Å². The van der Waals surface area contributed by atoms with E-state index in [0.717, 1.165) is 16.9 Å². The Kier molecular flexibility index (Phi) is 4.15. The van der Waals surface area contributed by atoms with Crippen molar-refractivity contribution < 1.29 is 0 Å². The third kappa shape index (κ3) is 3.26. The zero-order valence-corrected chi connectivity index (χ0v) is 13.7. The normalized spacial score (nSPS) is 11.1. The fourth-order valence-electron chi connectivity index (χ4n) is 2.70. The maximum atomic E-state index is 12.2. The van der Waals surface area contributed by atoms with Gasteiger partial charge >= 0.3 is 0 Å². The molecule has 0 aliphatic rings. The molecule has 3 rings (SSSR count). The average Bonchev–Trinajstić information content (AvgIpc) is 2.54. The summed E-state index contributed by atoms with van der Waals surface area (Å²) in [5, 5.41) is 3.40. The summed E-state index contributed by atoms with van der Waals surface area (Å²) < 4.78 is 1.58. The maximum Gasteiger partial charge on any atom is 0.258 e. The van der Waals surface area contributed by atoms with E-state index in [1.54, 1.807) is 10.5 Å². The molecule has 118 valence electrons. The van der Waals surface area contributed by atoms with Gasteiger partial charge in [0, 0.05) is 18.0 Å². The molecule has 0 radical (unpaired) electrons. The number of aromatic nitrogens is 2. The second kappa shape index (κ2) is 6.24. The lowest BCUT2D eigenvalue weighted by Gasteiger charge is -2.14. The molecular formula is C19H21N3O. The molecule has 0 unspecified atom stereocenters. The molecular weight excluding hydrogens is 286 g/mol. The Hall–Kier alpha value is -2.62. The van der Waals surface area contributed by atoms with Gasteiger partial charge in [0.2, 0.25) is 0 Å². The summed E-state index contributed by atoms with van der Waals surface area (Å²) in [6.07, 6.45) is 1.82. The van der Waals surface area contributed by atoms with Crippen LogP contribution < -0.4 is 10.9 Å². The van der Waals surface area contributed by atoms with Crippen LogP contribution in [-0.2, 0) is 6.54 Å². The highest BCUT2D eigenvalue weighted by atomic mass is 16.1. The van der Waals surface area contributed by atoms with E-state index in [9.17, 15) is 4.79 Å². The van der Waals surface area contributed by atoms with Crippen molar-refractivity contribution in [2.24, 2.45) is 0 Å². The Labute approximate surface area is 135 Å². The number of fused-ring (bicyclic) bond motifs is 1. The molecule has 0 aliphatic heterocycles. The fourth-order valence-corrected chi connectivity index (χ4v) is 2.70. The summed E-state index contributed by atoms with van der Waals surface area (Å²) in [7, 11) is 0. The van der Waals surface area contributed by atoms with E-state index < -0.39 is 0 Å². The summed E-state index contributed by atoms with van der Waals surface area (Å²) >= 11 is 0. The molecule has 4 nitrogen and oxygen atoms in total. The number of anilines is 1. The maximum absolute atomic E-state index is 12.2. The predicted octanol–water partition coefficient (Wildman–Crippen LogP) is 3.74. The van der Waals surface area contributed by atoms with Crippen molar-refractivity contribution in [3.05, 3.63) is 75.8 Å². The van der Waals surface area contributed by atoms with Crippen LogP contribution in [0.3, 0.4) is 0 Å². The summed E-state index contributed by atoms with van der Waals surface area (Å²) in [5.74, 6) is 0.442. The van der Waals surface area contributed by atoms with Crippen molar-refractivity contribution in [1.82, 2.24) is 9.38 Å². The van der Waals surface area contributed by atoms with E-state index >= 15 is 0 Å². The van der Waals surface area contributed by atoms with Gasteiger partial charge in [-0.25, -0.2) is 4.98 Å². The summed E-state index contributed by atoms with van der Waals surface area (Å²) in [5.41, 5.74) is 4.77. The number of nitrogens with one attached hydrogen (secondary N) is 1. The van der Waals surface area contributed by atoms with E-state index in [4.69, 9.17) is 0 Å². The molecule has 0 bridgehead atoms. The topological polar surface area (TPSA) is 46.4 Å². The van der Waals surface area contributed by atoms with Crippen molar-refractivity contribution in [1.29, 1.82) is 0 Å². The van der Waals surface area contributed by atoms with Gasteiger partial charge in [-0.05, 0) is 36.1 Å². The minimum Gasteiger partial charge on any atom is -0.379 e. The Morgan fingerprint density at radius 3 is 2.74 bits per heavy atom. The Morgan fingerprint density at radius 2 is 1.96 bits per heavy atom. The van der Waals surface area contributed by atoms with Crippen LogP contribution in [0.4, 0.5) is 5.69 Å². The van der Waals surface area contributed by atoms with Gasteiger partial charge in [0.25, 0.3) is 5.56 Å². The van der Waals surface area contributed by atoms with Crippen LogP contribution in [0, 0.1) is 6.92 Å². The van der Waals surface area contributed by atoms with Gasteiger partial charge in [-0.15, -0.1) is 0 Å². The van der Waals surface area contributed by atoms with Crippen LogP contribution >= 0.6 is 0 Å². The van der Waals surface area contributed by atoms with Crippen molar-refractivity contribution in [2.75, 3.05) is 5.32 Å². The number of pyridine rings is 1. The van der Waals surface area contributed by atoms with Crippen molar-refractivity contribution in [3.8, 4) is 0 Å². The van der Waals surface area contributed by atoms with Gasteiger partial charge in [0.15, 0.2) is 0 Å². The Bertz CT molecular complexity index is 897. The first-order chi connectivity index (χ1) is 11.0. The summed E-state index contributed by atoms with van der Waals surface area (Å²) in [6, 6.07) is 13.7. The number of aryl methyl sites for hydroxylation is 1. The van der Waals surface area contributed by atoms with Gasteiger partial charge in [0.05, 0.1) is 12.2 Å². The number of nitrogens with zero attached hydrogens (tertiary/aromatic N) is 2. The zero-order chi connectivity index (χ0) is 16.4. The number of hydrogen-bond acceptors (Lipinski definition) is 3. The van der Waals surface area contributed by atoms with Gasteiger partial charge in [-0.3, -0.25) is 9.20 Å². The number of rotatable bonds is 4. The number of hydrogen-bond donors (Lipinski definition) is 1. The molecule has 0 fully saturated rings. The molecule has 3 aromatic rings. The van der Waals surface area contributed by atoms with Crippen molar-refractivity contribution >= 4 is 11.3 Å². The first-order valence-electron chi connectivity index (χ1n) is 7.86. The van der Waals surface area contributed by atoms with Gasteiger partial charge in [-0.2, -0.15) is 0 Å². The highest BCUT2D eigenvalue weighted by Crippen LogP contribution is 2.23. The van der Waals surface area contributed by atoms with Crippen LogP contribution in [-0.4, -0.2) is 9.38 Å². The number of para-hydroxylation sites is 1. The van der Waals surface area contributed by atoms with E-state index in [2.05, 4.69) is 36.3 Å². The van der Waals surface area contributed by atoms with E-state index in [1.165, 1.54) is 5.56 Å². The molecule has 0 saturated carbocycles.